The van der Waals surface area contributed by atoms with Gasteiger partial charge >= 0.3 is 0 Å². The molecule has 0 aliphatic carbocycles. The predicted molar refractivity (Wildman–Crippen MR) is 55.9 cm³/mol. The molecule has 0 fully saturated rings. The number of halogens is 2. The van der Waals surface area contributed by atoms with Crippen molar-refractivity contribution in [1.82, 2.24) is 9.36 Å². The second-order valence-corrected chi connectivity index (χ2v) is 5.39. The number of hydrogen-bond acceptors (Lipinski definition) is 4. The van der Waals surface area contributed by atoms with Gasteiger partial charge in [0.05, 0.1) is 3.79 Å². The smallest absolute Gasteiger partial charge is 0.205 e. The molecule has 12 heavy (non-hydrogen) atoms. The molecule has 2 rings (SSSR count). The zero-order chi connectivity index (χ0) is 8.55. The number of thiophene rings is 1. The highest BCUT2D eigenvalue weighted by Crippen LogP contribution is 2.30. The summed E-state index contributed by atoms with van der Waals surface area (Å²) >= 11 is 11.9. The van der Waals surface area contributed by atoms with E-state index in [0.29, 0.717) is 5.28 Å². The number of hydrogen-bond donors (Lipinski definition) is 0. The lowest BCUT2D eigenvalue weighted by Gasteiger charge is -1.82. The zero-order valence-corrected chi connectivity index (χ0v) is 9.60. The highest BCUT2D eigenvalue weighted by molar-refractivity contribution is 9.11. The monoisotopic (exact) mass is 280 g/mol. The van der Waals surface area contributed by atoms with E-state index in [0.717, 1.165) is 14.4 Å². The average molecular weight is 282 g/mol. The Morgan fingerprint density at radius 3 is 2.83 bits per heavy atom. The molecule has 62 valence electrons. The second kappa shape index (κ2) is 3.41. The lowest BCUT2D eigenvalue weighted by molar-refractivity contribution is 1.33. The van der Waals surface area contributed by atoms with E-state index in [1.54, 1.807) is 11.3 Å². The molecule has 2 aromatic rings. The first-order valence-corrected chi connectivity index (χ1v) is 5.82. The van der Waals surface area contributed by atoms with E-state index in [1.807, 2.05) is 11.4 Å². The lowest BCUT2D eigenvalue weighted by atomic mass is 10.4. The van der Waals surface area contributed by atoms with Crippen molar-refractivity contribution < 1.29 is 0 Å². The standard InChI is InChI=1S/C6H2BrClN2S2/c7-4-1-3(2-11-4)5-9-6(8)10-12-5/h1-2H. The molecule has 0 spiro atoms. The normalized spacial score (nSPS) is 10.5. The minimum absolute atomic E-state index is 0.317. The Morgan fingerprint density at radius 2 is 2.33 bits per heavy atom. The molecule has 0 bridgehead atoms. The Morgan fingerprint density at radius 1 is 1.50 bits per heavy atom. The van der Waals surface area contributed by atoms with Crippen LogP contribution in [0.2, 0.25) is 5.28 Å². The number of nitrogens with zero attached hydrogens (tertiary/aromatic N) is 2. The fourth-order valence-corrected chi connectivity index (χ4v) is 2.75. The van der Waals surface area contributed by atoms with Crippen LogP contribution in [0.1, 0.15) is 0 Å². The first-order valence-electron chi connectivity index (χ1n) is 2.99. The third-order valence-corrected chi connectivity index (χ3v) is 3.75. The minimum Gasteiger partial charge on any atom is -0.205 e. The van der Waals surface area contributed by atoms with Crippen LogP contribution in [-0.2, 0) is 0 Å². The van der Waals surface area contributed by atoms with Gasteiger partial charge in [-0.05, 0) is 45.1 Å². The molecule has 0 aliphatic rings. The summed E-state index contributed by atoms with van der Waals surface area (Å²) in [6.45, 7) is 0. The second-order valence-electron chi connectivity index (χ2n) is 2.01. The van der Waals surface area contributed by atoms with Crippen LogP contribution in [0.3, 0.4) is 0 Å². The summed E-state index contributed by atoms with van der Waals surface area (Å²) in [6, 6.07) is 2.00. The van der Waals surface area contributed by atoms with E-state index < -0.39 is 0 Å². The van der Waals surface area contributed by atoms with E-state index in [9.17, 15) is 0 Å². The van der Waals surface area contributed by atoms with Gasteiger partial charge in [0.2, 0.25) is 5.28 Å². The Labute approximate surface area is 90.5 Å². The first kappa shape index (κ1) is 8.62. The third kappa shape index (κ3) is 1.69. The summed E-state index contributed by atoms with van der Waals surface area (Å²) in [5.74, 6) is 0. The molecule has 0 saturated heterocycles. The van der Waals surface area contributed by atoms with Crippen molar-refractivity contribution in [2.45, 2.75) is 0 Å². The maximum Gasteiger partial charge on any atom is 0.234 e. The van der Waals surface area contributed by atoms with Gasteiger partial charge in [-0.2, -0.15) is 4.37 Å². The molecule has 0 amide bonds. The third-order valence-electron chi connectivity index (χ3n) is 1.22. The average Bonchev–Trinajstić information content (AvgIpc) is 2.58. The van der Waals surface area contributed by atoms with E-state index in [4.69, 9.17) is 11.6 Å². The van der Waals surface area contributed by atoms with E-state index in [2.05, 4.69) is 25.3 Å². The van der Waals surface area contributed by atoms with Crippen molar-refractivity contribution in [3.8, 4) is 10.6 Å². The highest BCUT2D eigenvalue weighted by atomic mass is 79.9. The number of rotatable bonds is 1. The molecule has 0 radical (unpaired) electrons. The summed E-state index contributed by atoms with van der Waals surface area (Å²) < 4.78 is 4.97. The molecule has 0 aliphatic heterocycles. The quantitative estimate of drug-likeness (QED) is 0.797. The van der Waals surface area contributed by atoms with E-state index >= 15 is 0 Å². The van der Waals surface area contributed by atoms with Gasteiger partial charge in [-0.25, -0.2) is 4.98 Å². The zero-order valence-electron chi connectivity index (χ0n) is 5.62. The molecule has 2 aromatic heterocycles. The van der Waals surface area contributed by atoms with E-state index in [1.165, 1.54) is 11.5 Å². The SMILES string of the molecule is Clc1nsc(-c2csc(Br)c2)n1. The fourth-order valence-electron chi connectivity index (χ4n) is 0.745. The van der Waals surface area contributed by atoms with Gasteiger partial charge in [0.25, 0.3) is 0 Å². The molecule has 2 heterocycles. The minimum atomic E-state index is 0.317. The predicted octanol–water partition coefficient (Wildman–Crippen LogP) is 3.68. The maximum absolute atomic E-state index is 5.60. The van der Waals surface area contributed by atoms with Gasteiger partial charge < -0.3 is 0 Å². The van der Waals surface area contributed by atoms with Crippen LogP contribution in [0.5, 0.6) is 0 Å². The van der Waals surface area contributed by atoms with Gasteiger partial charge in [-0.15, -0.1) is 11.3 Å². The van der Waals surface area contributed by atoms with Crippen molar-refractivity contribution in [3.05, 3.63) is 20.5 Å². The van der Waals surface area contributed by atoms with Crippen LogP contribution >= 0.6 is 50.4 Å². The Bertz CT molecular complexity index is 359. The Kier molecular flexibility index (Phi) is 2.45. The van der Waals surface area contributed by atoms with Crippen LogP contribution < -0.4 is 0 Å². The summed E-state index contributed by atoms with van der Waals surface area (Å²) in [7, 11) is 0. The van der Waals surface area contributed by atoms with Gasteiger partial charge in [0.1, 0.15) is 5.01 Å². The molecular weight excluding hydrogens is 280 g/mol. The van der Waals surface area contributed by atoms with Gasteiger partial charge in [0.15, 0.2) is 0 Å². The topological polar surface area (TPSA) is 25.8 Å². The van der Waals surface area contributed by atoms with E-state index in [-0.39, 0.29) is 0 Å². The fraction of sp³-hybridized carbons (Fsp3) is 0. The van der Waals surface area contributed by atoms with Crippen molar-refractivity contribution in [3.63, 3.8) is 0 Å². The molecule has 6 heteroatoms. The summed E-state index contributed by atoms with van der Waals surface area (Å²) in [6.07, 6.45) is 0. The largest absolute Gasteiger partial charge is 0.234 e. The van der Waals surface area contributed by atoms with Gasteiger partial charge in [-0.3, -0.25) is 0 Å². The van der Waals surface area contributed by atoms with Crippen molar-refractivity contribution in [1.29, 1.82) is 0 Å². The van der Waals surface area contributed by atoms with Crippen LogP contribution in [-0.4, -0.2) is 9.36 Å². The van der Waals surface area contributed by atoms with Crippen LogP contribution in [0.4, 0.5) is 0 Å². The summed E-state index contributed by atoms with van der Waals surface area (Å²) in [4.78, 5) is 4.05. The lowest BCUT2D eigenvalue weighted by Crippen LogP contribution is -1.68. The van der Waals surface area contributed by atoms with Gasteiger partial charge in [0, 0.05) is 10.9 Å². The molecular formula is C6H2BrClN2S2. The molecule has 0 saturated carbocycles. The molecule has 0 atom stereocenters. The van der Waals surface area contributed by atoms with Crippen molar-refractivity contribution in [2.24, 2.45) is 0 Å². The Hall–Kier alpha value is 0.0300. The molecule has 2 nitrogen and oxygen atoms in total. The highest BCUT2D eigenvalue weighted by Gasteiger charge is 2.05. The van der Waals surface area contributed by atoms with Crippen molar-refractivity contribution >= 4 is 50.4 Å². The van der Waals surface area contributed by atoms with Crippen LogP contribution in [0.25, 0.3) is 10.6 Å². The maximum atomic E-state index is 5.60. The molecule has 0 unspecified atom stereocenters. The van der Waals surface area contributed by atoms with Gasteiger partial charge in [-0.1, -0.05) is 0 Å². The summed E-state index contributed by atoms with van der Waals surface area (Å²) in [5.41, 5.74) is 1.07. The number of aromatic nitrogens is 2. The first-order chi connectivity index (χ1) is 5.75. The molecule has 0 aromatic carbocycles. The Balaban J connectivity index is 2.43. The molecule has 0 N–H and O–H groups in total. The van der Waals surface area contributed by atoms with Crippen LogP contribution in [0.15, 0.2) is 15.2 Å². The summed E-state index contributed by atoms with van der Waals surface area (Å²) in [5, 5.41) is 3.19. The van der Waals surface area contributed by atoms with Crippen molar-refractivity contribution in [2.75, 3.05) is 0 Å². The van der Waals surface area contributed by atoms with Crippen LogP contribution in [0, 0.1) is 0 Å².